The van der Waals surface area contributed by atoms with E-state index in [0.717, 1.165) is 5.57 Å². The zero-order valence-electron chi connectivity index (χ0n) is 45.9. The maximum Gasteiger partial charge on any atom is 0.335 e. The molecule has 0 aromatic heterocycles. The Morgan fingerprint density at radius 1 is 0.692 bits per heavy atom. The lowest BCUT2D eigenvalue weighted by Gasteiger charge is -2.72. The number of carboxylic acid groups (broad SMARTS) is 1. The van der Waals surface area contributed by atoms with Gasteiger partial charge in [0.2, 0.25) is 0 Å². The summed E-state index contributed by atoms with van der Waals surface area (Å²) in [6, 6.07) is 0. The highest BCUT2D eigenvalue weighted by atomic mass is 16.8. The van der Waals surface area contributed by atoms with E-state index >= 15 is 0 Å². The predicted molar refractivity (Wildman–Crippen MR) is 264 cm³/mol. The molecule has 0 aromatic rings. The molecule has 0 amide bonds. The van der Waals surface area contributed by atoms with Gasteiger partial charge in [0.05, 0.1) is 43.4 Å². The van der Waals surface area contributed by atoms with Gasteiger partial charge in [-0.3, -0.25) is 9.59 Å². The van der Waals surface area contributed by atoms with Crippen molar-refractivity contribution in [1.82, 2.24) is 0 Å². The molecule has 0 aromatic carbocycles. The van der Waals surface area contributed by atoms with Crippen LogP contribution >= 0.6 is 0 Å². The third-order valence-corrected chi connectivity index (χ3v) is 20.8. The second-order valence-corrected chi connectivity index (χ2v) is 25.8. The zero-order valence-corrected chi connectivity index (χ0v) is 45.9. The monoisotopic (exact) mass is 1120 g/mol. The summed E-state index contributed by atoms with van der Waals surface area (Å²) in [5.74, 6) is -4.18. The smallest absolute Gasteiger partial charge is 0.335 e. The first-order valence-electron chi connectivity index (χ1n) is 27.5. The van der Waals surface area contributed by atoms with Crippen molar-refractivity contribution in [3.05, 3.63) is 11.6 Å². The number of hydrogen-bond donors (Lipinski definition) is 13. The number of aliphatic hydroxyl groups excluding tert-OH is 12. The third kappa shape index (κ3) is 9.78. The van der Waals surface area contributed by atoms with Crippen molar-refractivity contribution in [2.24, 2.45) is 56.2 Å². The number of aliphatic hydroxyl groups is 12. The lowest BCUT2D eigenvalue weighted by atomic mass is 9.33. The Hall–Kier alpha value is -2.57. The van der Waals surface area contributed by atoms with E-state index in [0.29, 0.717) is 32.1 Å². The molecule has 3 saturated heterocycles. The van der Waals surface area contributed by atoms with Crippen LogP contribution in [-0.4, -0.2) is 227 Å². The van der Waals surface area contributed by atoms with Gasteiger partial charge in [0.25, 0.3) is 0 Å². The fourth-order valence-electron chi connectivity index (χ4n) is 16.1. The molecule has 24 heteroatoms. The number of carbonyl (C=O) groups is 3. The van der Waals surface area contributed by atoms with Crippen LogP contribution in [0.25, 0.3) is 0 Å². The fourth-order valence-corrected chi connectivity index (χ4v) is 16.1. The molecule has 78 heavy (non-hydrogen) atoms. The van der Waals surface area contributed by atoms with E-state index in [1.807, 2.05) is 20.8 Å². The normalized spacial score (nSPS) is 51.0. The highest BCUT2D eigenvalue weighted by molar-refractivity contribution is 5.73. The van der Waals surface area contributed by atoms with Crippen molar-refractivity contribution in [2.75, 3.05) is 26.4 Å². The summed E-state index contributed by atoms with van der Waals surface area (Å²) in [6.45, 7) is 14.5. The van der Waals surface area contributed by atoms with E-state index in [-0.39, 0.29) is 31.3 Å². The fraction of sp³-hybridized carbons (Fsp3) is 0.907. The van der Waals surface area contributed by atoms with Gasteiger partial charge in [0.1, 0.15) is 86.0 Å². The summed E-state index contributed by atoms with van der Waals surface area (Å²) in [5, 5.41) is 144. The molecule has 4 saturated carbocycles. The summed E-state index contributed by atoms with van der Waals surface area (Å²) in [4.78, 5) is 38.8. The summed E-state index contributed by atoms with van der Waals surface area (Å²) in [5.41, 5.74) is -4.04. The average molecular weight is 1120 g/mol. The Bertz CT molecular complexity index is 2210. The van der Waals surface area contributed by atoms with E-state index < -0.39 is 199 Å². The lowest BCUT2D eigenvalue weighted by molar-refractivity contribution is -0.392. The van der Waals surface area contributed by atoms with Gasteiger partial charge in [0, 0.05) is 17.8 Å². The lowest BCUT2D eigenvalue weighted by Crippen LogP contribution is -2.72. The summed E-state index contributed by atoms with van der Waals surface area (Å²) in [7, 11) is 0. The first kappa shape index (κ1) is 61.5. The first-order valence-corrected chi connectivity index (χ1v) is 27.5. The van der Waals surface area contributed by atoms with E-state index in [1.165, 1.54) is 6.92 Å². The number of aliphatic carboxylic acids is 1. The van der Waals surface area contributed by atoms with Crippen molar-refractivity contribution < 1.29 is 119 Å². The van der Waals surface area contributed by atoms with Crippen LogP contribution in [0, 0.1) is 56.2 Å². The molecule has 446 valence electrons. The van der Waals surface area contributed by atoms with Crippen LogP contribution in [-0.2, 0) is 52.3 Å². The van der Waals surface area contributed by atoms with Gasteiger partial charge >= 0.3 is 17.9 Å². The van der Waals surface area contributed by atoms with Crippen LogP contribution in [0.5, 0.6) is 0 Å². The third-order valence-electron chi connectivity index (χ3n) is 20.8. The molecule has 5 aliphatic carbocycles. The van der Waals surface area contributed by atoms with Crippen LogP contribution in [0.2, 0.25) is 0 Å². The minimum absolute atomic E-state index is 0.0782. The van der Waals surface area contributed by atoms with Gasteiger partial charge in [-0.2, -0.15) is 0 Å². The molecule has 13 N–H and O–H groups in total. The van der Waals surface area contributed by atoms with Gasteiger partial charge in [-0.15, -0.1) is 0 Å². The molecule has 8 rings (SSSR count). The van der Waals surface area contributed by atoms with Crippen molar-refractivity contribution in [3.8, 4) is 0 Å². The minimum Gasteiger partial charge on any atom is -0.479 e. The van der Waals surface area contributed by atoms with Gasteiger partial charge < -0.3 is 104 Å². The minimum atomic E-state index is -2.17. The van der Waals surface area contributed by atoms with E-state index in [9.17, 15) is 80.8 Å². The van der Waals surface area contributed by atoms with Crippen molar-refractivity contribution >= 4 is 17.9 Å². The molecule has 3 heterocycles. The quantitative estimate of drug-likeness (QED) is 0.0527. The highest BCUT2D eigenvalue weighted by Crippen LogP contribution is 2.76. The predicted octanol–water partition coefficient (Wildman–Crippen LogP) is -1.63. The van der Waals surface area contributed by atoms with Gasteiger partial charge in [0.15, 0.2) is 25.0 Å². The topological polar surface area (TPSA) is 388 Å². The molecule has 0 bridgehead atoms. The standard InChI is InChI=1S/C54H86O24/c1-22(2)45(70)78-43-42(67)54(21-71-23(3)58)25(16-49(43,4)5)24-10-11-29-50(6)14-13-31(51(7,20-57)28(50)12-15-52(29,8)53(24,9)17-30(54)59)74-48-40(76-47-37(65)35(63)33(61)27(19-56)73-47)38(66)39(41(77-48)44(68)69)75-46-36(64)34(62)32(60)26(18-55)72-46/h10,22,25-43,46-48,55-57,59-67H,11-21H2,1-9H3,(H,68,69)/t25-,26+,27+,28+,29+,30+,31-,32-,33-,34-,35-,36+,37+,38-,39-,40+,41-,42-,43-,46-,47-,48+,50-,51+,52+,53+,54-/m0/s1. The van der Waals surface area contributed by atoms with Gasteiger partial charge in [-0.1, -0.05) is 67.0 Å². The van der Waals surface area contributed by atoms with Gasteiger partial charge in [-0.25, -0.2) is 4.79 Å². The number of esters is 2. The van der Waals surface area contributed by atoms with Crippen LogP contribution in [0.1, 0.15) is 107 Å². The molecule has 0 unspecified atom stereocenters. The summed E-state index contributed by atoms with van der Waals surface area (Å²) >= 11 is 0. The number of ether oxygens (including phenoxy) is 8. The number of fused-ring (bicyclic) bond motifs is 7. The largest absolute Gasteiger partial charge is 0.479 e. The molecule has 7 fully saturated rings. The second-order valence-electron chi connectivity index (χ2n) is 25.8. The SMILES string of the molecule is CC(=O)OC[C@@]12[C@H](O)C[C@]3(C)C(=CC[C@@H]4[C@@]5(C)CC[C@H](O[C@@H]6O[C@H](C(=O)O)[C@@H](O[C@@H]7O[C@H](CO)[C@H](O)[C@H](O)[C@H]7O)[C@H](O)[C@H]6O[C@@H]6O[C@H](CO)[C@H](O)[C@H](O)[C@H]6O)[C@](C)(CO)[C@@H]5CC[C@]43C)[C@@H]1CC(C)(C)[C@@H](OC(=O)C(C)C)[C@@H]2O. The second kappa shape index (κ2) is 22.2. The van der Waals surface area contributed by atoms with E-state index in [1.54, 1.807) is 13.8 Å². The van der Waals surface area contributed by atoms with Crippen molar-refractivity contribution in [3.63, 3.8) is 0 Å². The number of rotatable bonds is 14. The van der Waals surface area contributed by atoms with Gasteiger partial charge in [-0.05, 0) is 78.9 Å². The highest BCUT2D eigenvalue weighted by Gasteiger charge is 2.74. The Morgan fingerprint density at radius 3 is 1.79 bits per heavy atom. The molecule has 24 nitrogen and oxygen atoms in total. The Morgan fingerprint density at radius 2 is 1.27 bits per heavy atom. The van der Waals surface area contributed by atoms with E-state index in [2.05, 4.69) is 26.8 Å². The maximum absolute atomic E-state index is 13.1. The Kier molecular flexibility index (Phi) is 17.5. The zero-order chi connectivity index (χ0) is 57.7. The summed E-state index contributed by atoms with van der Waals surface area (Å²) in [6.07, 6.45) is -28.2. The number of carboxylic acids is 1. The van der Waals surface area contributed by atoms with Crippen LogP contribution in [0.3, 0.4) is 0 Å². The van der Waals surface area contributed by atoms with Crippen molar-refractivity contribution in [2.45, 2.75) is 224 Å². The van der Waals surface area contributed by atoms with E-state index in [4.69, 9.17) is 37.9 Å². The van der Waals surface area contributed by atoms with Crippen LogP contribution in [0.15, 0.2) is 11.6 Å². The van der Waals surface area contributed by atoms with Crippen LogP contribution < -0.4 is 0 Å². The summed E-state index contributed by atoms with van der Waals surface area (Å²) < 4.78 is 47.7. The first-order chi connectivity index (χ1) is 36.3. The Labute approximate surface area is 453 Å². The molecule has 0 radical (unpaired) electrons. The number of allylic oxidation sites excluding steroid dienone is 2. The molecular weight excluding hydrogens is 1030 g/mol. The molecule has 3 aliphatic heterocycles. The van der Waals surface area contributed by atoms with Crippen molar-refractivity contribution in [1.29, 1.82) is 0 Å². The molecule has 0 spiro atoms. The Balaban J connectivity index is 1.11. The number of hydrogen-bond acceptors (Lipinski definition) is 23. The molecule has 8 aliphatic rings. The molecular formula is C54H86O24. The maximum atomic E-state index is 13.1. The number of carbonyl (C=O) groups excluding carboxylic acids is 2. The molecule has 27 atom stereocenters. The van der Waals surface area contributed by atoms with Crippen LogP contribution in [0.4, 0.5) is 0 Å². The average Bonchev–Trinajstić information content (AvgIpc) is 3.51.